The molecule has 6 heteroatoms. The SMILES string of the molecule is CCCc1ccc(NC[C@@]2(O)OC[C@@H](O)[C@@H](O)[C@@H]2O)cc1. The van der Waals surface area contributed by atoms with E-state index in [2.05, 4.69) is 12.2 Å². The number of aryl methyl sites for hydroxylation is 1. The Morgan fingerprint density at radius 3 is 2.52 bits per heavy atom. The third kappa shape index (κ3) is 3.72. The number of anilines is 1. The average Bonchev–Trinajstić information content (AvgIpc) is 2.49. The highest BCUT2D eigenvalue weighted by atomic mass is 16.6. The van der Waals surface area contributed by atoms with Gasteiger partial charge in [0, 0.05) is 5.69 Å². The monoisotopic (exact) mass is 297 g/mol. The number of hydrogen-bond donors (Lipinski definition) is 5. The molecule has 1 aromatic carbocycles. The normalized spacial score (nSPS) is 32.9. The maximum atomic E-state index is 10.2. The fourth-order valence-electron chi connectivity index (χ4n) is 2.35. The van der Waals surface area contributed by atoms with Crippen LogP contribution in [0.5, 0.6) is 0 Å². The number of rotatable bonds is 5. The van der Waals surface area contributed by atoms with Crippen LogP contribution in [0.3, 0.4) is 0 Å². The lowest BCUT2D eigenvalue weighted by Crippen LogP contribution is -2.63. The predicted octanol–water partition coefficient (Wildman–Crippen LogP) is -0.148. The molecule has 1 aliphatic rings. The molecule has 118 valence electrons. The van der Waals surface area contributed by atoms with Crippen molar-refractivity contribution in [3.63, 3.8) is 0 Å². The average molecular weight is 297 g/mol. The molecule has 1 fully saturated rings. The molecule has 0 saturated carbocycles. The van der Waals surface area contributed by atoms with E-state index >= 15 is 0 Å². The molecule has 0 amide bonds. The molecule has 0 radical (unpaired) electrons. The Hall–Kier alpha value is -1.18. The lowest BCUT2D eigenvalue weighted by molar-refractivity contribution is -0.313. The van der Waals surface area contributed by atoms with Gasteiger partial charge in [-0.1, -0.05) is 25.5 Å². The summed E-state index contributed by atoms with van der Waals surface area (Å²) in [6.45, 7) is 1.79. The zero-order valence-corrected chi connectivity index (χ0v) is 12.1. The smallest absolute Gasteiger partial charge is 0.212 e. The Balaban J connectivity index is 1.95. The van der Waals surface area contributed by atoms with Crippen molar-refractivity contribution in [1.82, 2.24) is 0 Å². The third-order valence-electron chi connectivity index (χ3n) is 3.72. The minimum Gasteiger partial charge on any atom is -0.388 e. The second kappa shape index (κ2) is 6.72. The van der Waals surface area contributed by atoms with E-state index in [1.807, 2.05) is 24.3 Å². The first-order valence-electron chi connectivity index (χ1n) is 7.19. The van der Waals surface area contributed by atoms with Crippen molar-refractivity contribution in [2.24, 2.45) is 0 Å². The Labute approximate surface area is 124 Å². The summed E-state index contributed by atoms with van der Waals surface area (Å²) in [5.41, 5.74) is 2.01. The van der Waals surface area contributed by atoms with E-state index in [9.17, 15) is 20.4 Å². The van der Waals surface area contributed by atoms with Crippen molar-refractivity contribution >= 4 is 5.69 Å². The number of aliphatic hydroxyl groups excluding tert-OH is 3. The van der Waals surface area contributed by atoms with Crippen LogP contribution < -0.4 is 5.32 Å². The lowest BCUT2D eigenvalue weighted by Gasteiger charge is -2.41. The molecule has 2 rings (SSSR count). The number of hydrogen-bond acceptors (Lipinski definition) is 6. The molecule has 1 heterocycles. The molecule has 0 aliphatic carbocycles. The first-order chi connectivity index (χ1) is 9.96. The van der Waals surface area contributed by atoms with Gasteiger partial charge in [-0.15, -0.1) is 0 Å². The molecule has 6 nitrogen and oxygen atoms in total. The summed E-state index contributed by atoms with van der Waals surface area (Å²) >= 11 is 0. The van der Waals surface area contributed by atoms with Gasteiger partial charge >= 0.3 is 0 Å². The van der Waals surface area contributed by atoms with Gasteiger partial charge in [-0.05, 0) is 24.1 Å². The fourth-order valence-corrected chi connectivity index (χ4v) is 2.35. The summed E-state index contributed by atoms with van der Waals surface area (Å²) in [6.07, 6.45) is -2.12. The molecule has 1 aromatic rings. The molecule has 5 N–H and O–H groups in total. The molecule has 0 bridgehead atoms. The minimum atomic E-state index is -1.93. The first-order valence-corrected chi connectivity index (χ1v) is 7.19. The zero-order valence-electron chi connectivity index (χ0n) is 12.1. The van der Waals surface area contributed by atoms with Gasteiger partial charge in [0.2, 0.25) is 5.79 Å². The zero-order chi connectivity index (χ0) is 15.5. The minimum absolute atomic E-state index is 0.0922. The molecule has 0 spiro atoms. The highest BCUT2D eigenvalue weighted by molar-refractivity contribution is 5.45. The van der Waals surface area contributed by atoms with Gasteiger partial charge in [0.1, 0.15) is 18.3 Å². The molecule has 1 saturated heterocycles. The van der Waals surface area contributed by atoms with Gasteiger partial charge in [0.25, 0.3) is 0 Å². The quantitative estimate of drug-likeness (QED) is 0.518. The van der Waals surface area contributed by atoms with Crippen LogP contribution in [-0.4, -0.2) is 57.7 Å². The van der Waals surface area contributed by atoms with Crippen molar-refractivity contribution in [1.29, 1.82) is 0 Å². The van der Waals surface area contributed by atoms with Gasteiger partial charge < -0.3 is 30.5 Å². The van der Waals surface area contributed by atoms with E-state index in [4.69, 9.17) is 4.74 Å². The van der Waals surface area contributed by atoms with Crippen LogP contribution in [-0.2, 0) is 11.2 Å². The Kier molecular flexibility index (Phi) is 5.18. The van der Waals surface area contributed by atoms with E-state index in [1.165, 1.54) is 5.56 Å². The van der Waals surface area contributed by atoms with Crippen molar-refractivity contribution in [3.05, 3.63) is 29.8 Å². The third-order valence-corrected chi connectivity index (χ3v) is 3.72. The Morgan fingerprint density at radius 1 is 1.24 bits per heavy atom. The maximum absolute atomic E-state index is 10.2. The van der Waals surface area contributed by atoms with Crippen molar-refractivity contribution in [2.75, 3.05) is 18.5 Å². The van der Waals surface area contributed by atoms with E-state index in [-0.39, 0.29) is 13.2 Å². The van der Waals surface area contributed by atoms with Crippen LogP contribution in [0.25, 0.3) is 0 Å². The molecule has 21 heavy (non-hydrogen) atoms. The summed E-state index contributed by atoms with van der Waals surface area (Å²) in [6, 6.07) is 7.75. The summed E-state index contributed by atoms with van der Waals surface area (Å²) in [7, 11) is 0. The number of aliphatic hydroxyl groups is 4. The van der Waals surface area contributed by atoms with Crippen LogP contribution in [0.4, 0.5) is 5.69 Å². The van der Waals surface area contributed by atoms with Crippen LogP contribution in [0.15, 0.2) is 24.3 Å². The van der Waals surface area contributed by atoms with Crippen molar-refractivity contribution in [3.8, 4) is 0 Å². The van der Waals surface area contributed by atoms with Gasteiger partial charge in [-0.25, -0.2) is 0 Å². The molecule has 0 unspecified atom stereocenters. The maximum Gasteiger partial charge on any atom is 0.212 e. The molecular weight excluding hydrogens is 274 g/mol. The van der Waals surface area contributed by atoms with Crippen LogP contribution in [0, 0.1) is 0 Å². The lowest BCUT2D eigenvalue weighted by atomic mass is 9.97. The van der Waals surface area contributed by atoms with E-state index < -0.39 is 24.1 Å². The predicted molar refractivity (Wildman–Crippen MR) is 77.8 cm³/mol. The highest BCUT2D eigenvalue weighted by Gasteiger charge is 2.48. The second-order valence-corrected chi connectivity index (χ2v) is 5.46. The Morgan fingerprint density at radius 2 is 1.90 bits per heavy atom. The van der Waals surface area contributed by atoms with Crippen LogP contribution in [0.1, 0.15) is 18.9 Å². The standard InChI is InChI=1S/C15H23NO5/c1-2-3-10-4-6-11(7-5-10)16-9-15(20)14(19)13(18)12(17)8-21-15/h4-7,12-14,16-20H,2-3,8-9H2,1H3/t12-,13-,14+,15-/m1/s1. The fraction of sp³-hybridized carbons (Fsp3) is 0.600. The first kappa shape index (κ1) is 16.2. The van der Waals surface area contributed by atoms with Crippen molar-refractivity contribution in [2.45, 2.75) is 43.9 Å². The highest BCUT2D eigenvalue weighted by Crippen LogP contribution is 2.24. The molecule has 4 atom stereocenters. The summed E-state index contributed by atoms with van der Waals surface area (Å²) < 4.78 is 5.08. The van der Waals surface area contributed by atoms with E-state index in [0.29, 0.717) is 0 Å². The molecule has 0 aromatic heterocycles. The number of benzene rings is 1. The van der Waals surface area contributed by atoms with Crippen LogP contribution >= 0.6 is 0 Å². The van der Waals surface area contributed by atoms with E-state index in [1.54, 1.807) is 0 Å². The number of ether oxygens (including phenoxy) is 1. The summed E-state index contributed by atoms with van der Waals surface area (Å²) in [4.78, 5) is 0. The van der Waals surface area contributed by atoms with Gasteiger partial charge in [-0.2, -0.15) is 0 Å². The van der Waals surface area contributed by atoms with Gasteiger partial charge in [0.05, 0.1) is 13.2 Å². The molecular formula is C15H23NO5. The summed E-state index contributed by atoms with van der Waals surface area (Å²) in [5, 5.41) is 42.0. The molecule has 1 aliphatic heterocycles. The summed E-state index contributed by atoms with van der Waals surface area (Å²) in [5.74, 6) is -1.93. The van der Waals surface area contributed by atoms with Crippen molar-refractivity contribution < 1.29 is 25.2 Å². The van der Waals surface area contributed by atoms with Gasteiger partial charge in [0.15, 0.2) is 0 Å². The number of nitrogens with one attached hydrogen (secondary N) is 1. The second-order valence-electron chi connectivity index (χ2n) is 5.46. The van der Waals surface area contributed by atoms with Gasteiger partial charge in [-0.3, -0.25) is 0 Å². The Bertz CT molecular complexity index is 452. The van der Waals surface area contributed by atoms with Crippen LogP contribution in [0.2, 0.25) is 0 Å². The topological polar surface area (TPSA) is 102 Å². The van der Waals surface area contributed by atoms with E-state index in [0.717, 1.165) is 18.5 Å². The largest absolute Gasteiger partial charge is 0.388 e.